The highest BCUT2D eigenvalue weighted by molar-refractivity contribution is 6.67. The quantitative estimate of drug-likeness (QED) is 0.542. The topological polar surface area (TPSA) is 18.5 Å². The van der Waals surface area contributed by atoms with Gasteiger partial charge in [-0.1, -0.05) is 52.4 Å². The molecule has 17 heavy (non-hydrogen) atoms. The van der Waals surface area contributed by atoms with Gasteiger partial charge in [0.15, 0.2) is 0 Å². The van der Waals surface area contributed by atoms with Crippen LogP contribution in [-0.4, -0.2) is 22.8 Å². The second-order valence-electron chi connectivity index (χ2n) is 5.59. The van der Waals surface area contributed by atoms with Gasteiger partial charge in [0.1, 0.15) is 0 Å². The van der Waals surface area contributed by atoms with Gasteiger partial charge in [0.25, 0.3) is 0 Å². The summed E-state index contributed by atoms with van der Waals surface area (Å²) in [4.78, 5) is 0. The minimum Gasteiger partial charge on any atom is -0.398 e. The van der Waals surface area contributed by atoms with Gasteiger partial charge in [-0.05, 0) is 23.9 Å². The van der Waals surface area contributed by atoms with Crippen molar-refractivity contribution in [1.82, 2.24) is 0 Å². The molecule has 1 saturated carbocycles. The molecule has 0 spiro atoms. The maximum atomic E-state index is 5.87. The Labute approximate surface area is 108 Å². The van der Waals surface area contributed by atoms with Crippen molar-refractivity contribution in [2.45, 2.75) is 64.5 Å². The molecule has 0 heterocycles. The third-order valence-corrected chi connectivity index (χ3v) is 8.07. The molecule has 0 bridgehead atoms. The Hall–Kier alpha value is 0.137. The predicted octanol–water partition coefficient (Wildman–Crippen LogP) is 4.35. The minimum atomic E-state index is -1.88. The van der Waals surface area contributed by atoms with Gasteiger partial charge in [-0.3, -0.25) is 0 Å². The van der Waals surface area contributed by atoms with E-state index in [2.05, 4.69) is 13.8 Å². The van der Waals surface area contributed by atoms with Gasteiger partial charge in [0.05, 0.1) is 0 Å². The summed E-state index contributed by atoms with van der Waals surface area (Å²) in [5.41, 5.74) is 0. The molecular formula is C14H30O2Si. The second kappa shape index (κ2) is 7.55. The molecule has 0 N–H and O–H groups in total. The Morgan fingerprint density at radius 3 is 2.24 bits per heavy atom. The molecule has 1 atom stereocenters. The van der Waals surface area contributed by atoms with Gasteiger partial charge in [-0.2, -0.15) is 0 Å². The highest BCUT2D eigenvalue weighted by Gasteiger charge is 2.42. The van der Waals surface area contributed by atoms with Crippen molar-refractivity contribution in [1.29, 1.82) is 0 Å². The summed E-state index contributed by atoms with van der Waals surface area (Å²) in [7, 11) is 1.85. The van der Waals surface area contributed by atoms with E-state index in [1.165, 1.54) is 50.6 Å². The summed E-state index contributed by atoms with van der Waals surface area (Å²) in [5.74, 6) is 1.71. The maximum Gasteiger partial charge on any atom is 0.338 e. The molecule has 0 saturated heterocycles. The van der Waals surface area contributed by atoms with E-state index in [1.807, 2.05) is 14.2 Å². The Morgan fingerprint density at radius 1 is 1.18 bits per heavy atom. The SMILES string of the molecule is CCCCC(CC)C[Si](CC1CC1)(OC)OC. The van der Waals surface area contributed by atoms with E-state index >= 15 is 0 Å². The summed E-state index contributed by atoms with van der Waals surface area (Å²) in [5, 5.41) is 0. The van der Waals surface area contributed by atoms with E-state index in [9.17, 15) is 0 Å². The number of rotatable bonds is 10. The van der Waals surface area contributed by atoms with Crippen LogP contribution in [0, 0.1) is 11.8 Å². The number of hydrogen-bond acceptors (Lipinski definition) is 2. The van der Waals surface area contributed by atoms with E-state index in [1.54, 1.807) is 0 Å². The van der Waals surface area contributed by atoms with Crippen LogP contribution in [0.3, 0.4) is 0 Å². The molecule has 0 radical (unpaired) electrons. The average molecular weight is 258 g/mol. The lowest BCUT2D eigenvalue weighted by atomic mass is 10.0. The minimum absolute atomic E-state index is 0.806. The molecule has 1 aliphatic carbocycles. The second-order valence-corrected chi connectivity index (χ2v) is 9.04. The summed E-state index contributed by atoms with van der Waals surface area (Å²) in [6, 6.07) is 2.43. The standard InChI is InChI=1S/C14H30O2Si/c1-5-7-8-13(6-2)11-17(15-3,16-4)12-14-9-10-14/h13-14H,5-12H2,1-4H3. The molecule has 1 rings (SSSR count). The van der Waals surface area contributed by atoms with Crippen molar-refractivity contribution in [2.75, 3.05) is 14.2 Å². The molecule has 1 unspecified atom stereocenters. The zero-order valence-electron chi connectivity index (χ0n) is 12.1. The van der Waals surface area contributed by atoms with Crippen molar-refractivity contribution in [3.05, 3.63) is 0 Å². The van der Waals surface area contributed by atoms with Crippen LogP contribution >= 0.6 is 0 Å². The van der Waals surface area contributed by atoms with Crippen LogP contribution in [0.4, 0.5) is 0 Å². The predicted molar refractivity (Wildman–Crippen MR) is 75.4 cm³/mol. The highest BCUT2D eigenvalue weighted by Crippen LogP contribution is 2.40. The first-order valence-electron chi connectivity index (χ1n) is 7.30. The number of hydrogen-bond donors (Lipinski definition) is 0. The van der Waals surface area contributed by atoms with E-state index in [-0.39, 0.29) is 0 Å². The molecule has 0 amide bonds. The fourth-order valence-corrected chi connectivity index (χ4v) is 6.31. The average Bonchev–Trinajstić information content (AvgIpc) is 3.17. The normalized spacial score (nSPS) is 18.4. The van der Waals surface area contributed by atoms with Crippen LogP contribution in [0.1, 0.15) is 52.4 Å². The highest BCUT2D eigenvalue weighted by atomic mass is 28.4. The van der Waals surface area contributed by atoms with Gasteiger partial charge in [0, 0.05) is 14.2 Å². The van der Waals surface area contributed by atoms with E-state index in [0.29, 0.717) is 0 Å². The monoisotopic (exact) mass is 258 g/mol. The Balaban J connectivity index is 2.49. The molecule has 0 aromatic carbocycles. The molecule has 2 nitrogen and oxygen atoms in total. The fourth-order valence-electron chi connectivity index (χ4n) is 2.64. The van der Waals surface area contributed by atoms with Crippen LogP contribution < -0.4 is 0 Å². The van der Waals surface area contributed by atoms with Crippen LogP contribution in [0.5, 0.6) is 0 Å². The summed E-state index contributed by atoms with van der Waals surface area (Å²) in [6.07, 6.45) is 8.05. The first-order chi connectivity index (χ1) is 8.19. The molecule has 1 aliphatic rings. The molecule has 102 valence electrons. The van der Waals surface area contributed by atoms with Crippen molar-refractivity contribution < 1.29 is 8.85 Å². The fraction of sp³-hybridized carbons (Fsp3) is 1.00. The van der Waals surface area contributed by atoms with E-state index < -0.39 is 8.56 Å². The Bertz CT molecular complexity index is 200. The van der Waals surface area contributed by atoms with Gasteiger partial charge in [-0.25, -0.2) is 0 Å². The molecule has 3 heteroatoms. The molecule has 0 aliphatic heterocycles. The largest absolute Gasteiger partial charge is 0.398 e. The lowest BCUT2D eigenvalue weighted by molar-refractivity contribution is 0.228. The van der Waals surface area contributed by atoms with Gasteiger partial charge >= 0.3 is 8.56 Å². The van der Waals surface area contributed by atoms with Crippen molar-refractivity contribution >= 4 is 8.56 Å². The smallest absolute Gasteiger partial charge is 0.338 e. The van der Waals surface area contributed by atoms with Crippen molar-refractivity contribution in [3.63, 3.8) is 0 Å². The zero-order valence-corrected chi connectivity index (χ0v) is 13.1. The van der Waals surface area contributed by atoms with E-state index in [4.69, 9.17) is 8.85 Å². The Morgan fingerprint density at radius 2 is 1.82 bits per heavy atom. The zero-order chi connectivity index (χ0) is 12.7. The van der Waals surface area contributed by atoms with Crippen LogP contribution in [0.25, 0.3) is 0 Å². The van der Waals surface area contributed by atoms with Crippen LogP contribution in [0.2, 0.25) is 12.1 Å². The van der Waals surface area contributed by atoms with Gasteiger partial charge in [0.2, 0.25) is 0 Å². The first kappa shape index (κ1) is 15.2. The van der Waals surface area contributed by atoms with E-state index in [0.717, 1.165) is 11.8 Å². The van der Waals surface area contributed by atoms with Crippen LogP contribution in [-0.2, 0) is 8.85 Å². The lowest BCUT2D eigenvalue weighted by Gasteiger charge is -2.31. The maximum absolute atomic E-state index is 5.87. The molecule has 0 aromatic rings. The van der Waals surface area contributed by atoms with Crippen LogP contribution in [0.15, 0.2) is 0 Å². The molecular weight excluding hydrogens is 228 g/mol. The third-order valence-electron chi connectivity index (χ3n) is 4.18. The van der Waals surface area contributed by atoms with Crippen molar-refractivity contribution in [3.8, 4) is 0 Å². The third kappa shape index (κ3) is 5.10. The van der Waals surface area contributed by atoms with Gasteiger partial charge in [-0.15, -0.1) is 0 Å². The van der Waals surface area contributed by atoms with Crippen molar-refractivity contribution in [2.24, 2.45) is 11.8 Å². The lowest BCUT2D eigenvalue weighted by Crippen LogP contribution is -2.42. The Kier molecular flexibility index (Phi) is 6.74. The molecule has 0 aromatic heterocycles. The van der Waals surface area contributed by atoms with Gasteiger partial charge < -0.3 is 8.85 Å². The summed E-state index contributed by atoms with van der Waals surface area (Å²) >= 11 is 0. The number of unbranched alkanes of at least 4 members (excludes halogenated alkanes) is 1. The first-order valence-corrected chi connectivity index (χ1v) is 9.53. The summed E-state index contributed by atoms with van der Waals surface area (Å²) < 4.78 is 11.7. The molecule has 1 fully saturated rings. The summed E-state index contributed by atoms with van der Waals surface area (Å²) in [6.45, 7) is 4.58.